The first-order valence-electron chi connectivity index (χ1n) is 12.4. The number of hydrogen-bond acceptors (Lipinski definition) is 6. The van der Waals surface area contributed by atoms with E-state index >= 15 is 0 Å². The van der Waals surface area contributed by atoms with E-state index in [2.05, 4.69) is 22.6 Å². The molecule has 1 fully saturated rings. The number of terminal acetylenes is 1. The van der Waals surface area contributed by atoms with Crippen LogP contribution in [0.4, 0.5) is 10.2 Å². The van der Waals surface area contributed by atoms with E-state index in [9.17, 15) is 9.50 Å². The number of β-amino-alcohol motifs (C(OH)–C–C–N with tert-alkyl or cyclic N) is 1. The summed E-state index contributed by atoms with van der Waals surface area (Å²) in [6.07, 6.45) is 5.78. The fourth-order valence-corrected chi connectivity index (χ4v) is 4.55. The van der Waals surface area contributed by atoms with Gasteiger partial charge >= 0.3 is 0 Å². The Labute approximate surface area is 212 Å². The molecule has 0 bridgehead atoms. The number of hydrogen-bond donors (Lipinski definition) is 1. The van der Waals surface area contributed by atoms with E-state index in [1.807, 2.05) is 42.5 Å². The van der Waals surface area contributed by atoms with Gasteiger partial charge in [0.15, 0.2) is 5.82 Å². The van der Waals surface area contributed by atoms with Crippen molar-refractivity contribution in [3.05, 3.63) is 77.2 Å². The zero-order chi connectivity index (χ0) is 25.3. The number of ether oxygens (including phenoxy) is 1. The summed E-state index contributed by atoms with van der Waals surface area (Å²) < 4.78 is 19.9. The highest BCUT2D eigenvalue weighted by molar-refractivity contribution is 5.61. The van der Waals surface area contributed by atoms with Crippen molar-refractivity contribution >= 4 is 5.82 Å². The maximum absolute atomic E-state index is 14.6. The van der Waals surface area contributed by atoms with Crippen LogP contribution in [0.3, 0.4) is 0 Å². The maximum Gasteiger partial charge on any atom is 0.161 e. The van der Waals surface area contributed by atoms with Gasteiger partial charge in [-0.15, -0.1) is 6.42 Å². The number of nitrogens with zero attached hydrogens (tertiary/aromatic N) is 4. The van der Waals surface area contributed by atoms with Crippen LogP contribution in [0, 0.1) is 18.2 Å². The fourth-order valence-electron chi connectivity index (χ4n) is 4.55. The van der Waals surface area contributed by atoms with Crippen molar-refractivity contribution in [2.24, 2.45) is 0 Å². The van der Waals surface area contributed by atoms with Gasteiger partial charge in [0.2, 0.25) is 0 Å². The predicted octanol–water partition coefficient (Wildman–Crippen LogP) is 3.57. The largest absolute Gasteiger partial charge is 0.389 e. The van der Waals surface area contributed by atoms with Gasteiger partial charge in [-0.1, -0.05) is 61.4 Å². The Bertz CT molecular complexity index is 1170. The molecule has 1 saturated heterocycles. The third-order valence-electron chi connectivity index (χ3n) is 6.40. The lowest BCUT2D eigenvalue weighted by Gasteiger charge is -2.37. The first kappa shape index (κ1) is 25.8. The first-order chi connectivity index (χ1) is 17.6. The topological polar surface area (TPSA) is 61.7 Å². The zero-order valence-corrected chi connectivity index (χ0v) is 20.7. The van der Waals surface area contributed by atoms with Gasteiger partial charge in [-0.05, 0) is 18.1 Å². The fraction of sp³-hybridized carbons (Fsp3) is 0.379. The molecule has 3 aromatic rings. The average Bonchev–Trinajstić information content (AvgIpc) is 2.91. The van der Waals surface area contributed by atoms with Crippen LogP contribution in [0.25, 0.3) is 11.4 Å². The summed E-state index contributed by atoms with van der Waals surface area (Å²) in [7, 11) is 0. The molecule has 0 spiro atoms. The number of aryl methyl sites for hydroxylation is 1. The molecule has 6 nitrogen and oxygen atoms in total. The molecular formula is C29H33FN4O2. The van der Waals surface area contributed by atoms with Crippen molar-refractivity contribution in [3.63, 3.8) is 0 Å². The summed E-state index contributed by atoms with van der Waals surface area (Å²) in [4.78, 5) is 14.4. The summed E-state index contributed by atoms with van der Waals surface area (Å²) in [6.45, 7) is 6.07. The number of aromatic nitrogens is 2. The van der Waals surface area contributed by atoms with Crippen molar-refractivity contribution < 1.29 is 14.2 Å². The second-order valence-corrected chi connectivity index (χ2v) is 8.94. The normalized spacial score (nSPS) is 15.0. The van der Waals surface area contributed by atoms with Crippen molar-refractivity contribution in [2.75, 3.05) is 50.8 Å². The highest BCUT2D eigenvalue weighted by Gasteiger charge is 2.25. The van der Waals surface area contributed by atoms with E-state index in [4.69, 9.17) is 21.1 Å². The van der Waals surface area contributed by atoms with Crippen LogP contribution in [0.1, 0.15) is 23.7 Å². The van der Waals surface area contributed by atoms with Crippen molar-refractivity contribution in [1.29, 1.82) is 0 Å². The number of benzene rings is 2. The number of piperazine rings is 1. The van der Waals surface area contributed by atoms with Crippen LogP contribution < -0.4 is 4.90 Å². The predicted molar refractivity (Wildman–Crippen MR) is 140 cm³/mol. The molecule has 1 atom stereocenters. The summed E-state index contributed by atoms with van der Waals surface area (Å²) in [5.41, 5.74) is 3.50. The van der Waals surface area contributed by atoms with E-state index in [1.54, 1.807) is 6.07 Å². The molecule has 0 saturated carbocycles. The molecule has 1 aliphatic heterocycles. The van der Waals surface area contributed by atoms with Gasteiger partial charge in [-0.25, -0.2) is 14.4 Å². The Balaban J connectivity index is 1.59. The molecule has 0 radical (unpaired) electrons. The molecular weight excluding hydrogens is 455 g/mol. The maximum atomic E-state index is 14.6. The van der Waals surface area contributed by atoms with Crippen LogP contribution >= 0.6 is 0 Å². The summed E-state index contributed by atoms with van der Waals surface area (Å²) in [6, 6.07) is 16.9. The van der Waals surface area contributed by atoms with Gasteiger partial charge in [-0.2, -0.15) is 0 Å². The third-order valence-corrected chi connectivity index (χ3v) is 6.40. The molecule has 4 rings (SSSR count). The Morgan fingerprint density at radius 3 is 2.47 bits per heavy atom. The lowest BCUT2D eigenvalue weighted by atomic mass is 10.0. The van der Waals surface area contributed by atoms with E-state index in [1.165, 1.54) is 6.07 Å². The van der Waals surface area contributed by atoms with E-state index in [-0.39, 0.29) is 19.0 Å². The standard InChI is InChI=1S/C29H33FN4O2/c1-3-18-36-21-24(35)20-33-14-16-34(17-15-33)29-25(19-23-12-8-9-13-26(23)30)27(4-2)31-28(32-29)22-10-6-5-7-11-22/h1,5-13,24,35H,4,14-21H2,2H3/t24-/m1/s1. The molecule has 2 heterocycles. The Morgan fingerprint density at radius 2 is 1.78 bits per heavy atom. The number of anilines is 1. The highest BCUT2D eigenvalue weighted by atomic mass is 19.1. The second-order valence-electron chi connectivity index (χ2n) is 8.94. The van der Waals surface area contributed by atoms with E-state index in [0.717, 1.165) is 55.2 Å². The quantitative estimate of drug-likeness (QED) is 0.348. The lowest BCUT2D eigenvalue weighted by Crippen LogP contribution is -2.49. The minimum absolute atomic E-state index is 0.201. The molecule has 1 aromatic heterocycles. The van der Waals surface area contributed by atoms with E-state index < -0.39 is 6.10 Å². The smallest absolute Gasteiger partial charge is 0.161 e. The van der Waals surface area contributed by atoms with Crippen LogP contribution in [-0.2, 0) is 17.6 Å². The molecule has 2 aromatic carbocycles. The van der Waals surface area contributed by atoms with Gasteiger partial charge in [0.25, 0.3) is 0 Å². The molecule has 188 valence electrons. The minimum Gasteiger partial charge on any atom is -0.389 e. The molecule has 7 heteroatoms. The van der Waals surface area contributed by atoms with Crippen molar-refractivity contribution in [2.45, 2.75) is 25.9 Å². The monoisotopic (exact) mass is 488 g/mol. The molecule has 1 N–H and O–H groups in total. The van der Waals surface area contributed by atoms with Gasteiger partial charge < -0.3 is 14.7 Å². The van der Waals surface area contributed by atoms with Gasteiger partial charge in [-0.3, -0.25) is 4.90 Å². The van der Waals surface area contributed by atoms with Gasteiger partial charge in [0.1, 0.15) is 18.2 Å². The van der Waals surface area contributed by atoms with Crippen molar-refractivity contribution in [1.82, 2.24) is 14.9 Å². The minimum atomic E-state index is -0.586. The molecule has 0 unspecified atom stereocenters. The number of rotatable bonds is 10. The highest BCUT2D eigenvalue weighted by Crippen LogP contribution is 2.29. The Hall–Kier alpha value is -3.31. The second kappa shape index (κ2) is 12.6. The van der Waals surface area contributed by atoms with Crippen LogP contribution in [0.2, 0.25) is 0 Å². The molecule has 1 aliphatic rings. The molecule has 36 heavy (non-hydrogen) atoms. The SMILES string of the molecule is C#CCOC[C@H](O)CN1CCN(c2nc(-c3ccccc3)nc(CC)c2Cc2ccccc2F)CC1. The third kappa shape index (κ3) is 6.46. The van der Waals surface area contributed by atoms with Crippen LogP contribution in [0.5, 0.6) is 0 Å². The average molecular weight is 489 g/mol. The Kier molecular flexibility index (Phi) is 9.01. The molecule has 0 amide bonds. The van der Waals surface area contributed by atoms with E-state index in [0.29, 0.717) is 24.4 Å². The zero-order valence-electron chi connectivity index (χ0n) is 20.7. The van der Waals surface area contributed by atoms with Crippen molar-refractivity contribution in [3.8, 4) is 23.7 Å². The van der Waals surface area contributed by atoms with Gasteiger partial charge in [0, 0.05) is 56.0 Å². The lowest BCUT2D eigenvalue weighted by molar-refractivity contribution is 0.0267. The molecule has 0 aliphatic carbocycles. The Morgan fingerprint density at radius 1 is 1.06 bits per heavy atom. The summed E-state index contributed by atoms with van der Waals surface area (Å²) >= 11 is 0. The summed E-state index contributed by atoms with van der Waals surface area (Å²) in [5.74, 6) is 3.74. The number of halogens is 1. The van der Waals surface area contributed by atoms with Gasteiger partial charge in [0.05, 0.1) is 12.7 Å². The first-order valence-corrected chi connectivity index (χ1v) is 12.4. The summed E-state index contributed by atoms with van der Waals surface area (Å²) in [5, 5.41) is 10.3. The van der Waals surface area contributed by atoms with Crippen LogP contribution in [0.15, 0.2) is 54.6 Å². The van der Waals surface area contributed by atoms with Crippen LogP contribution in [-0.4, -0.2) is 72.0 Å². The number of aliphatic hydroxyl groups is 1. The number of aliphatic hydroxyl groups excluding tert-OH is 1.